The van der Waals surface area contributed by atoms with Gasteiger partial charge in [0.2, 0.25) is 0 Å². The summed E-state index contributed by atoms with van der Waals surface area (Å²) in [5.74, 6) is 2.18. The number of ether oxygens (including phenoxy) is 3. The molecule has 4 nitrogen and oxygen atoms in total. The summed E-state index contributed by atoms with van der Waals surface area (Å²) in [6, 6.07) is 13.3. The zero-order valence-electron chi connectivity index (χ0n) is 16.2. The van der Waals surface area contributed by atoms with Gasteiger partial charge in [0.25, 0.3) is 0 Å². The van der Waals surface area contributed by atoms with E-state index in [0.717, 1.165) is 16.9 Å². The molecular weight excluding hydrogens is 340 g/mol. The summed E-state index contributed by atoms with van der Waals surface area (Å²) in [4.78, 5) is 12.5. The second kappa shape index (κ2) is 10.2. The SMILES string of the molecule is C=CCOc1ccc(C/C=C(\C(=O)CC)c2ccc(OC)cc2OC)cc1. The Labute approximate surface area is 161 Å². The molecule has 4 heteroatoms. The Morgan fingerprint density at radius 3 is 2.33 bits per heavy atom. The summed E-state index contributed by atoms with van der Waals surface area (Å²) in [5.41, 5.74) is 2.52. The highest BCUT2D eigenvalue weighted by molar-refractivity contribution is 6.21. The minimum Gasteiger partial charge on any atom is -0.497 e. The lowest BCUT2D eigenvalue weighted by molar-refractivity contribution is -0.113. The molecule has 0 bridgehead atoms. The van der Waals surface area contributed by atoms with Crippen LogP contribution in [-0.2, 0) is 11.2 Å². The van der Waals surface area contributed by atoms with Crippen LogP contribution in [0.25, 0.3) is 5.57 Å². The topological polar surface area (TPSA) is 44.8 Å². The Hall–Kier alpha value is -3.01. The Bertz CT molecular complexity index is 804. The van der Waals surface area contributed by atoms with Gasteiger partial charge in [-0.25, -0.2) is 0 Å². The standard InChI is InChI=1S/C23H26O4/c1-5-15-27-18-10-7-17(8-11-18)9-13-20(22(24)6-2)21-14-12-19(25-3)16-23(21)26-4/h5,7-8,10-14,16H,1,6,9,15H2,2-4H3/b20-13-. The first-order valence-electron chi connectivity index (χ1n) is 8.91. The van der Waals surface area contributed by atoms with Crippen molar-refractivity contribution in [2.45, 2.75) is 19.8 Å². The van der Waals surface area contributed by atoms with Crippen molar-refractivity contribution in [2.75, 3.05) is 20.8 Å². The van der Waals surface area contributed by atoms with Crippen molar-refractivity contribution in [3.63, 3.8) is 0 Å². The lowest BCUT2D eigenvalue weighted by Crippen LogP contribution is -2.03. The maximum Gasteiger partial charge on any atom is 0.163 e. The van der Waals surface area contributed by atoms with Crippen LogP contribution < -0.4 is 14.2 Å². The van der Waals surface area contributed by atoms with E-state index < -0.39 is 0 Å². The molecule has 2 aromatic rings. The average Bonchev–Trinajstić information content (AvgIpc) is 2.72. The third kappa shape index (κ3) is 5.48. The van der Waals surface area contributed by atoms with Crippen LogP contribution in [0.5, 0.6) is 17.2 Å². The van der Waals surface area contributed by atoms with Crippen LogP contribution >= 0.6 is 0 Å². The lowest BCUT2D eigenvalue weighted by atomic mass is 9.96. The fourth-order valence-electron chi connectivity index (χ4n) is 2.68. The van der Waals surface area contributed by atoms with E-state index >= 15 is 0 Å². The fraction of sp³-hybridized carbons (Fsp3) is 0.261. The van der Waals surface area contributed by atoms with Crippen molar-refractivity contribution in [2.24, 2.45) is 0 Å². The van der Waals surface area contributed by atoms with Crippen molar-refractivity contribution in [1.29, 1.82) is 0 Å². The molecule has 0 unspecified atom stereocenters. The van der Waals surface area contributed by atoms with Crippen LogP contribution in [0.1, 0.15) is 24.5 Å². The minimum atomic E-state index is 0.0735. The van der Waals surface area contributed by atoms with E-state index in [9.17, 15) is 4.79 Å². The largest absolute Gasteiger partial charge is 0.497 e. The third-order valence-electron chi connectivity index (χ3n) is 4.15. The quantitative estimate of drug-likeness (QED) is 0.444. The second-order valence-electron chi connectivity index (χ2n) is 5.91. The highest BCUT2D eigenvalue weighted by Crippen LogP contribution is 2.31. The number of methoxy groups -OCH3 is 2. The Morgan fingerprint density at radius 2 is 1.74 bits per heavy atom. The summed E-state index contributed by atoms with van der Waals surface area (Å²) in [6.07, 6.45) is 4.73. The molecule has 27 heavy (non-hydrogen) atoms. The van der Waals surface area contributed by atoms with E-state index in [1.807, 2.05) is 49.4 Å². The van der Waals surface area contributed by atoms with Crippen molar-refractivity contribution < 1.29 is 19.0 Å². The number of benzene rings is 2. The van der Waals surface area contributed by atoms with E-state index in [1.165, 1.54) is 0 Å². The maximum absolute atomic E-state index is 12.5. The first-order valence-corrected chi connectivity index (χ1v) is 8.91. The molecule has 2 rings (SSSR count). The van der Waals surface area contributed by atoms with Gasteiger partial charge in [-0.3, -0.25) is 4.79 Å². The van der Waals surface area contributed by atoms with Crippen LogP contribution in [-0.4, -0.2) is 26.6 Å². The lowest BCUT2D eigenvalue weighted by Gasteiger charge is -2.13. The van der Waals surface area contributed by atoms with Crippen LogP contribution in [0.15, 0.2) is 61.2 Å². The normalized spacial score (nSPS) is 11.0. The van der Waals surface area contributed by atoms with Gasteiger partial charge in [0, 0.05) is 23.6 Å². The number of hydrogen-bond acceptors (Lipinski definition) is 4. The second-order valence-corrected chi connectivity index (χ2v) is 5.91. The fourth-order valence-corrected chi connectivity index (χ4v) is 2.68. The molecule has 0 atom stereocenters. The van der Waals surface area contributed by atoms with Gasteiger partial charge in [0.1, 0.15) is 23.9 Å². The zero-order valence-corrected chi connectivity index (χ0v) is 16.2. The molecule has 0 aliphatic carbocycles. The number of Topliss-reactive ketones (excluding diaryl/α,β-unsaturated/α-hetero) is 1. The molecule has 0 heterocycles. The van der Waals surface area contributed by atoms with Gasteiger partial charge in [-0.2, -0.15) is 0 Å². The van der Waals surface area contributed by atoms with Gasteiger partial charge in [0.05, 0.1) is 14.2 Å². The number of allylic oxidation sites excluding steroid dienone is 2. The third-order valence-corrected chi connectivity index (χ3v) is 4.15. The summed E-state index contributed by atoms with van der Waals surface area (Å²) in [7, 11) is 3.19. The van der Waals surface area contributed by atoms with E-state index in [-0.39, 0.29) is 5.78 Å². The van der Waals surface area contributed by atoms with Gasteiger partial charge in [-0.15, -0.1) is 0 Å². The highest BCUT2D eigenvalue weighted by atomic mass is 16.5. The molecule has 0 saturated heterocycles. The van der Waals surface area contributed by atoms with Gasteiger partial charge in [-0.05, 0) is 36.2 Å². The Kier molecular flexibility index (Phi) is 7.68. The summed E-state index contributed by atoms with van der Waals surface area (Å²) < 4.78 is 16.2. The first-order chi connectivity index (χ1) is 13.1. The number of rotatable bonds is 10. The summed E-state index contributed by atoms with van der Waals surface area (Å²) in [5, 5.41) is 0. The minimum absolute atomic E-state index is 0.0735. The smallest absolute Gasteiger partial charge is 0.163 e. The molecule has 0 N–H and O–H groups in total. The van der Waals surface area contributed by atoms with Gasteiger partial charge in [0.15, 0.2) is 5.78 Å². The van der Waals surface area contributed by atoms with E-state index in [4.69, 9.17) is 14.2 Å². The van der Waals surface area contributed by atoms with Gasteiger partial charge >= 0.3 is 0 Å². The monoisotopic (exact) mass is 366 g/mol. The summed E-state index contributed by atoms with van der Waals surface area (Å²) in [6.45, 7) is 5.97. The molecule has 2 aromatic carbocycles. The van der Waals surface area contributed by atoms with Crippen LogP contribution in [0, 0.1) is 0 Å². The number of carbonyl (C=O) groups excluding carboxylic acids is 1. The number of hydrogen-bond donors (Lipinski definition) is 0. The molecule has 0 spiro atoms. The van der Waals surface area contributed by atoms with E-state index in [2.05, 4.69) is 6.58 Å². The maximum atomic E-state index is 12.5. The van der Waals surface area contributed by atoms with Crippen molar-refractivity contribution >= 4 is 11.4 Å². The molecule has 0 aromatic heterocycles. The predicted octanol–water partition coefficient (Wildman–Crippen LogP) is 4.87. The first kappa shape index (κ1) is 20.3. The molecule has 0 saturated carbocycles. The molecule has 0 aliphatic rings. The zero-order chi connectivity index (χ0) is 19.6. The van der Waals surface area contributed by atoms with Crippen LogP contribution in [0.4, 0.5) is 0 Å². The predicted molar refractivity (Wildman–Crippen MR) is 109 cm³/mol. The van der Waals surface area contributed by atoms with Crippen LogP contribution in [0.2, 0.25) is 0 Å². The molecule has 0 fully saturated rings. The van der Waals surface area contributed by atoms with E-state index in [1.54, 1.807) is 26.4 Å². The van der Waals surface area contributed by atoms with Crippen molar-refractivity contribution in [1.82, 2.24) is 0 Å². The Balaban J connectivity index is 2.28. The molecular formula is C23H26O4. The van der Waals surface area contributed by atoms with Crippen LogP contribution in [0.3, 0.4) is 0 Å². The number of ketones is 1. The molecule has 0 amide bonds. The average molecular weight is 366 g/mol. The molecule has 142 valence electrons. The summed E-state index contributed by atoms with van der Waals surface area (Å²) >= 11 is 0. The molecule has 0 aliphatic heterocycles. The Morgan fingerprint density at radius 1 is 1.04 bits per heavy atom. The van der Waals surface area contributed by atoms with E-state index in [0.29, 0.717) is 36.5 Å². The van der Waals surface area contributed by atoms with Gasteiger partial charge < -0.3 is 14.2 Å². The van der Waals surface area contributed by atoms with Gasteiger partial charge in [-0.1, -0.05) is 37.8 Å². The van der Waals surface area contributed by atoms with Crippen molar-refractivity contribution in [3.05, 3.63) is 72.3 Å². The molecule has 0 radical (unpaired) electrons. The highest BCUT2D eigenvalue weighted by Gasteiger charge is 2.15. The van der Waals surface area contributed by atoms with Crippen molar-refractivity contribution in [3.8, 4) is 17.2 Å². The number of carbonyl (C=O) groups is 1.